The number of anilines is 1. The van der Waals surface area contributed by atoms with E-state index in [9.17, 15) is 18.8 Å². The van der Waals surface area contributed by atoms with E-state index in [-0.39, 0.29) is 27.8 Å². The van der Waals surface area contributed by atoms with Gasteiger partial charge in [-0.25, -0.2) is 4.39 Å². The highest BCUT2D eigenvalue weighted by atomic mass is 35.5. The maximum atomic E-state index is 13.3. The van der Waals surface area contributed by atoms with E-state index in [0.717, 1.165) is 11.0 Å². The quantitative estimate of drug-likeness (QED) is 0.829. The van der Waals surface area contributed by atoms with Gasteiger partial charge < -0.3 is 5.32 Å². The third-order valence-electron chi connectivity index (χ3n) is 4.19. The van der Waals surface area contributed by atoms with Crippen LogP contribution in [0, 0.1) is 11.7 Å². The smallest absolute Gasteiger partial charge is 0.262 e. The van der Waals surface area contributed by atoms with Gasteiger partial charge in [-0.05, 0) is 36.2 Å². The number of amides is 3. The monoisotopic (exact) mass is 374 g/mol. The van der Waals surface area contributed by atoms with E-state index >= 15 is 0 Å². The van der Waals surface area contributed by atoms with Gasteiger partial charge in [0.1, 0.15) is 11.9 Å². The summed E-state index contributed by atoms with van der Waals surface area (Å²) >= 11 is 5.73. The number of carbonyl (C=O) groups excluding carboxylic acids is 3. The fraction of sp³-hybridized carbons (Fsp3) is 0.211. The van der Waals surface area contributed by atoms with Crippen molar-refractivity contribution in [2.75, 3.05) is 5.32 Å². The Balaban J connectivity index is 1.90. The predicted molar refractivity (Wildman–Crippen MR) is 95.6 cm³/mol. The van der Waals surface area contributed by atoms with Gasteiger partial charge in [-0.1, -0.05) is 37.6 Å². The van der Waals surface area contributed by atoms with Crippen LogP contribution < -0.4 is 5.32 Å². The number of benzene rings is 2. The number of fused-ring (bicyclic) bond motifs is 1. The van der Waals surface area contributed by atoms with Crippen LogP contribution in [0.5, 0.6) is 0 Å². The molecule has 3 amide bonds. The van der Waals surface area contributed by atoms with E-state index in [1.807, 2.05) is 0 Å². The lowest BCUT2D eigenvalue weighted by molar-refractivity contribution is -0.121. The van der Waals surface area contributed by atoms with Gasteiger partial charge in [0.05, 0.1) is 16.1 Å². The molecule has 2 aromatic carbocycles. The Kier molecular flexibility index (Phi) is 4.78. The van der Waals surface area contributed by atoms with E-state index < -0.39 is 29.6 Å². The van der Waals surface area contributed by atoms with Crippen molar-refractivity contribution in [2.24, 2.45) is 5.92 Å². The maximum Gasteiger partial charge on any atom is 0.262 e. The molecule has 7 heteroatoms. The number of hydrogen-bond donors (Lipinski definition) is 1. The van der Waals surface area contributed by atoms with Crippen LogP contribution in [0.15, 0.2) is 42.5 Å². The summed E-state index contributed by atoms with van der Waals surface area (Å²) in [5.41, 5.74) is 0.838. The molecule has 1 N–H and O–H groups in total. The standard InChI is InChI=1S/C19H16ClFN2O3/c1-10(2)16(17(24)22-11-7-8-15(21)14(20)9-11)23-18(25)12-5-3-4-6-13(12)19(23)26/h3-10,16H,1-2H3,(H,22,24). The molecule has 0 fully saturated rings. The molecule has 0 bridgehead atoms. The molecule has 3 rings (SSSR count). The zero-order chi connectivity index (χ0) is 19.0. The number of imide groups is 1. The normalized spacial score (nSPS) is 14.6. The summed E-state index contributed by atoms with van der Waals surface area (Å²) in [5, 5.41) is 2.47. The van der Waals surface area contributed by atoms with Crippen molar-refractivity contribution in [1.29, 1.82) is 0 Å². The molecule has 1 aliphatic heterocycles. The van der Waals surface area contributed by atoms with Crippen molar-refractivity contribution in [3.8, 4) is 0 Å². The van der Waals surface area contributed by atoms with Crippen molar-refractivity contribution in [3.05, 3.63) is 64.4 Å². The largest absolute Gasteiger partial charge is 0.324 e. The van der Waals surface area contributed by atoms with Crippen LogP contribution in [-0.2, 0) is 4.79 Å². The highest BCUT2D eigenvalue weighted by Crippen LogP contribution is 2.28. The molecular formula is C19H16ClFN2O3. The zero-order valence-corrected chi connectivity index (χ0v) is 14.9. The zero-order valence-electron chi connectivity index (χ0n) is 14.1. The van der Waals surface area contributed by atoms with Crippen LogP contribution in [-0.4, -0.2) is 28.7 Å². The van der Waals surface area contributed by atoms with E-state index in [1.165, 1.54) is 12.1 Å². The van der Waals surface area contributed by atoms with Crippen molar-refractivity contribution < 1.29 is 18.8 Å². The Bertz CT molecular complexity index is 878. The number of nitrogens with zero attached hydrogens (tertiary/aromatic N) is 1. The molecule has 0 aromatic heterocycles. The van der Waals surface area contributed by atoms with E-state index in [2.05, 4.69) is 5.32 Å². The number of rotatable bonds is 4. The molecule has 134 valence electrons. The minimum atomic E-state index is -1.01. The topological polar surface area (TPSA) is 66.5 Å². The summed E-state index contributed by atoms with van der Waals surface area (Å²) < 4.78 is 13.3. The Hall–Kier alpha value is -2.73. The lowest BCUT2D eigenvalue weighted by atomic mass is 10.0. The average Bonchev–Trinajstić information content (AvgIpc) is 2.84. The minimum Gasteiger partial charge on any atom is -0.324 e. The second-order valence-corrected chi connectivity index (χ2v) is 6.74. The summed E-state index contributed by atoms with van der Waals surface area (Å²) in [6.07, 6.45) is 0. The second kappa shape index (κ2) is 6.88. The lowest BCUT2D eigenvalue weighted by Gasteiger charge is -2.28. The summed E-state index contributed by atoms with van der Waals surface area (Å²) in [5.74, 6) is -2.48. The summed E-state index contributed by atoms with van der Waals surface area (Å²) in [6, 6.07) is 9.20. The molecular weight excluding hydrogens is 359 g/mol. The lowest BCUT2D eigenvalue weighted by Crippen LogP contribution is -2.50. The highest BCUT2D eigenvalue weighted by molar-refractivity contribution is 6.31. The van der Waals surface area contributed by atoms with Crippen molar-refractivity contribution in [2.45, 2.75) is 19.9 Å². The Morgan fingerprint density at radius 2 is 1.65 bits per heavy atom. The van der Waals surface area contributed by atoms with Crippen LogP contribution in [0.25, 0.3) is 0 Å². The van der Waals surface area contributed by atoms with Crippen molar-refractivity contribution in [3.63, 3.8) is 0 Å². The van der Waals surface area contributed by atoms with Crippen LogP contribution in [0.2, 0.25) is 5.02 Å². The predicted octanol–water partition coefficient (Wildman–Crippen LogP) is 3.74. The fourth-order valence-electron chi connectivity index (χ4n) is 2.97. The van der Waals surface area contributed by atoms with E-state index in [1.54, 1.807) is 38.1 Å². The third kappa shape index (κ3) is 3.08. The van der Waals surface area contributed by atoms with E-state index in [4.69, 9.17) is 11.6 Å². The Morgan fingerprint density at radius 1 is 1.08 bits per heavy atom. The third-order valence-corrected chi connectivity index (χ3v) is 4.48. The van der Waals surface area contributed by atoms with Crippen LogP contribution >= 0.6 is 11.6 Å². The molecule has 5 nitrogen and oxygen atoms in total. The van der Waals surface area contributed by atoms with Crippen molar-refractivity contribution >= 4 is 35.0 Å². The first-order valence-electron chi connectivity index (χ1n) is 8.04. The maximum absolute atomic E-state index is 13.3. The number of nitrogens with one attached hydrogen (secondary N) is 1. The molecule has 1 unspecified atom stereocenters. The minimum absolute atomic E-state index is 0.135. The number of carbonyl (C=O) groups is 3. The first-order chi connectivity index (χ1) is 12.3. The second-order valence-electron chi connectivity index (χ2n) is 6.33. The molecule has 0 saturated carbocycles. The van der Waals surface area contributed by atoms with Gasteiger partial charge >= 0.3 is 0 Å². The first kappa shape index (κ1) is 18.1. The Labute approximate surface area is 154 Å². The van der Waals surface area contributed by atoms with E-state index in [0.29, 0.717) is 0 Å². The van der Waals surface area contributed by atoms with Crippen molar-refractivity contribution in [1.82, 2.24) is 4.90 Å². The summed E-state index contributed by atoms with van der Waals surface area (Å²) in [4.78, 5) is 39.1. The number of hydrogen-bond acceptors (Lipinski definition) is 3. The SMILES string of the molecule is CC(C)C(C(=O)Nc1ccc(F)c(Cl)c1)N1C(=O)c2ccccc2C1=O. The van der Waals surface area contributed by atoms with Gasteiger partial charge in [0.15, 0.2) is 0 Å². The van der Waals surface area contributed by atoms with Gasteiger partial charge in [0.25, 0.3) is 11.8 Å². The van der Waals surface area contributed by atoms with Gasteiger partial charge in [-0.2, -0.15) is 0 Å². The fourth-order valence-corrected chi connectivity index (χ4v) is 3.15. The molecule has 26 heavy (non-hydrogen) atoms. The average molecular weight is 375 g/mol. The molecule has 1 aliphatic rings. The summed E-state index contributed by atoms with van der Waals surface area (Å²) in [7, 11) is 0. The van der Waals surface area contributed by atoms with Gasteiger partial charge in [0, 0.05) is 5.69 Å². The first-order valence-corrected chi connectivity index (χ1v) is 8.42. The van der Waals surface area contributed by atoms with Gasteiger partial charge in [0.2, 0.25) is 5.91 Å². The molecule has 2 aromatic rings. The van der Waals surface area contributed by atoms with Gasteiger partial charge in [-0.3, -0.25) is 19.3 Å². The summed E-state index contributed by atoms with van der Waals surface area (Å²) in [6.45, 7) is 3.48. The Morgan fingerprint density at radius 3 is 2.15 bits per heavy atom. The van der Waals surface area contributed by atoms with Gasteiger partial charge in [-0.15, -0.1) is 0 Å². The van der Waals surface area contributed by atoms with Crippen LogP contribution in [0.1, 0.15) is 34.6 Å². The number of halogens is 2. The van der Waals surface area contributed by atoms with Crippen LogP contribution in [0.4, 0.5) is 10.1 Å². The highest BCUT2D eigenvalue weighted by Gasteiger charge is 2.43. The molecule has 0 saturated heterocycles. The molecule has 0 radical (unpaired) electrons. The molecule has 1 atom stereocenters. The molecule has 0 aliphatic carbocycles. The van der Waals surface area contributed by atoms with Crippen LogP contribution in [0.3, 0.4) is 0 Å². The molecule has 0 spiro atoms. The molecule has 1 heterocycles.